The lowest BCUT2D eigenvalue weighted by atomic mass is 10.1. The molecule has 33 heavy (non-hydrogen) atoms. The van der Waals surface area contributed by atoms with Crippen LogP contribution in [0.3, 0.4) is 0 Å². The van der Waals surface area contributed by atoms with Gasteiger partial charge in [-0.15, -0.1) is 0 Å². The second-order valence-electron chi connectivity index (χ2n) is 7.66. The Kier molecular flexibility index (Phi) is 5.02. The van der Waals surface area contributed by atoms with Crippen molar-refractivity contribution in [1.29, 1.82) is 0 Å². The zero-order valence-electron chi connectivity index (χ0n) is 17.4. The molecule has 8 nitrogen and oxygen atoms in total. The van der Waals surface area contributed by atoms with Gasteiger partial charge in [-0.25, -0.2) is 0 Å². The van der Waals surface area contributed by atoms with Crippen molar-refractivity contribution in [2.75, 3.05) is 5.01 Å². The van der Waals surface area contributed by atoms with Gasteiger partial charge in [0.15, 0.2) is 0 Å². The molecule has 2 aliphatic rings. The molecule has 0 aliphatic carbocycles. The monoisotopic (exact) mass is 438 g/mol. The largest absolute Gasteiger partial charge is 0.308 e. The van der Waals surface area contributed by atoms with Crippen LogP contribution in [0.25, 0.3) is 0 Å². The van der Waals surface area contributed by atoms with Gasteiger partial charge in [0.2, 0.25) is 0 Å². The Morgan fingerprint density at radius 2 is 1.42 bits per heavy atom. The maximum Gasteiger partial charge on any atom is 0.261 e. The second kappa shape index (κ2) is 8.16. The molecule has 0 radical (unpaired) electrons. The number of hydrogen-bond donors (Lipinski definition) is 1. The Hall–Kier alpha value is -4.59. The SMILES string of the molecule is O=C(NC1=NN(c2ccccc2)C(=O)C1)c1ccc(CN2C(=O)c3ccccc3C2=O)cc1. The molecule has 0 spiro atoms. The highest BCUT2D eigenvalue weighted by molar-refractivity contribution is 6.21. The third kappa shape index (κ3) is 3.78. The summed E-state index contributed by atoms with van der Waals surface area (Å²) < 4.78 is 0. The normalized spacial score (nSPS) is 15.0. The molecule has 0 saturated heterocycles. The number of nitrogens with zero attached hydrogens (tertiary/aromatic N) is 3. The maximum absolute atomic E-state index is 12.6. The van der Waals surface area contributed by atoms with Crippen LogP contribution >= 0.6 is 0 Å². The second-order valence-corrected chi connectivity index (χ2v) is 7.66. The van der Waals surface area contributed by atoms with E-state index in [9.17, 15) is 19.2 Å². The molecule has 0 atom stereocenters. The molecule has 3 aromatic rings. The van der Waals surface area contributed by atoms with E-state index in [1.54, 1.807) is 72.8 Å². The molecule has 0 bridgehead atoms. The predicted molar refractivity (Wildman–Crippen MR) is 121 cm³/mol. The van der Waals surface area contributed by atoms with E-state index >= 15 is 0 Å². The number of amidine groups is 1. The Bertz CT molecular complexity index is 1280. The minimum atomic E-state index is -0.399. The highest BCUT2D eigenvalue weighted by atomic mass is 16.2. The first-order valence-corrected chi connectivity index (χ1v) is 10.3. The number of anilines is 1. The van der Waals surface area contributed by atoms with Gasteiger partial charge in [-0.1, -0.05) is 42.5 Å². The highest BCUT2D eigenvalue weighted by Gasteiger charge is 2.35. The van der Waals surface area contributed by atoms with E-state index in [1.807, 2.05) is 6.07 Å². The number of fused-ring (bicyclic) bond motifs is 1. The van der Waals surface area contributed by atoms with Crippen molar-refractivity contribution in [3.63, 3.8) is 0 Å². The van der Waals surface area contributed by atoms with Gasteiger partial charge in [-0.2, -0.15) is 10.1 Å². The fraction of sp³-hybridized carbons (Fsp3) is 0.0800. The topological polar surface area (TPSA) is 99.2 Å². The number of hydrazone groups is 1. The molecule has 162 valence electrons. The van der Waals surface area contributed by atoms with Crippen LogP contribution in [0.15, 0.2) is 84.0 Å². The molecule has 2 aliphatic heterocycles. The first-order valence-electron chi connectivity index (χ1n) is 10.3. The third-order valence-electron chi connectivity index (χ3n) is 5.47. The van der Waals surface area contributed by atoms with Crippen molar-refractivity contribution >= 4 is 35.2 Å². The van der Waals surface area contributed by atoms with Gasteiger partial charge >= 0.3 is 0 Å². The fourth-order valence-electron chi connectivity index (χ4n) is 3.80. The number of benzene rings is 3. The first-order chi connectivity index (χ1) is 16.0. The quantitative estimate of drug-likeness (QED) is 0.633. The van der Waals surface area contributed by atoms with Gasteiger partial charge in [0.1, 0.15) is 5.84 Å². The average molecular weight is 438 g/mol. The lowest BCUT2D eigenvalue weighted by molar-refractivity contribution is -0.116. The molecule has 0 aromatic heterocycles. The number of imide groups is 1. The van der Waals surface area contributed by atoms with E-state index in [1.165, 1.54) is 9.91 Å². The van der Waals surface area contributed by atoms with Gasteiger partial charge in [0.25, 0.3) is 23.6 Å². The van der Waals surface area contributed by atoms with Gasteiger partial charge in [0.05, 0.1) is 29.8 Å². The summed E-state index contributed by atoms with van der Waals surface area (Å²) in [6, 6.07) is 22.3. The summed E-state index contributed by atoms with van der Waals surface area (Å²) in [4.78, 5) is 51.1. The summed E-state index contributed by atoms with van der Waals surface area (Å²) in [5.74, 6) is -1.02. The van der Waals surface area contributed by atoms with Crippen LogP contribution in [0.1, 0.15) is 43.1 Å². The number of nitrogens with one attached hydrogen (secondary N) is 1. The molecule has 1 N–H and O–H groups in total. The average Bonchev–Trinajstić information content (AvgIpc) is 3.32. The van der Waals surface area contributed by atoms with Crippen molar-refractivity contribution in [1.82, 2.24) is 10.2 Å². The van der Waals surface area contributed by atoms with Crippen LogP contribution < -0.4 is 10.3 Å². The number of rotatable bonds is 4. The molecule has 2 heterocycles. The third-order valence-corrected chi connectivity index (χ3v) is 5.47. The van der Waals surface area contributed by atoms with Crippen LogP contribution in [0.4, 0.5) is 5.69 Å². The van der Waals surface area contributed by atoms with Crippen LogP contribution in [0, 0.1) is 0 Å². The van der Waals surface area contributed by atoms with Gasteiger partial charge in [-0.05, 0) is 42.0 Å². The summed E-state index contributed by atoms with van der Waals surface area (Å²) in [6.07, 6.45) is -0.00153. The summed E-state index contributed by atoms with van der Waals surface area (Å²) in [6.45, 7) is 0.113. The van der Waals surface area contributed by atoms with Crippen LogP contribution in [0.2, 0.25) is 0 Å². The smallest absolute Gasteiger partial charge is 0.261 e. The number of carbonyl (C=O) groups is 4. The van der Waals surface area contributed by atoms with Gasteiger partial charge in [-0.3, -0.25) is 24.1 Å². The van der Waals surface area contributed by atoms with E-state index in [2.05, 4.69) is 10.4 Å². The highest BCUT2D eigenvalue weighted by Crippen LogP contribution is 2.24. The van der Waals surface area contributed by atoms with Crippen molar-refractivity contribution in [2.45, 2.75) is 13.0 Å². The lowest BCUT2D eigenvalue weighted by Crippen LogP contribution is -2.30. The zero-order chi connectivity index (χ0) is 22.9. The lowest BCUT2D eigenvalue weighted by Gasteiger charge is -2.14. The summed E-state index contributed by atoms with van der Waals surface area (Å²) >= 11 is 0. The summed E-state index contributed by atoms with van der Waals surface area (Å²) in [5, 5.41) is 8.15. The zero-order valence-corrected chi connectivity index (χ0v) is 17.4. The van der Waals surface area contributed by atoms with E-state index < -0.39 is 5.91 Å². The molecule has 0 saturated carbocycles. The Morgan fingerprint density at radius 1 is 0.818 bits per heavy atom. The first kappa shape index (κ1) is 20.3. The van der Waals surface area contributed by atoms with Crippen LogP contribution in [-0.4, -0.2) is 34.4 Å². The molecular weight excluding hydrogens is 420 g/mol. The Labute approximate surface area is 189 Å². The van der Waals surface area contributed by atoms with Crippen LogP contribution in [0.5, 0.6) is 0 Å². The molecule has 5 rings (SSSR count). The van der Waals surface area contributed by atoms with E-state index in [4.69, 9.17) is 0 Å². The Balaban J connectivity index is 1.25. The number of hydrogen-bond acceptors (Lipinski definition) is 5. The van der Waals surface area contributed by atoms with Crippen molar-refractivity contribution in [3.05, 3.63) is 101 Å². The fourth-order valence-corrected chi connectivity index (χ4v) is 3.80. The van der Waals surface area contributed by atoms with E-state index in [0.717, 1.165) is 0 Å². The predicted octanol–water partition coefficient (Wildman–Crippen LogP) is 2.96. The molecule has 8 heteroatoms. The molecule has 0 unspecified atom stereocenters. The van der Waals surface area contributed by atoms with Crippen LogP contribution in [-0.2, 0) is 11.3 Å². The van der Waals surface area contributed by atoms with Gasteiger partial charge in [0, 0.05) is 5.56 Å². The number of para-hydroxylation sites is 1. The van der Waals surface area contributed by atoms with Gasteiger partial charge < -0.3 is 5.32 Å². The Morgan fingerprint density at radius 3 is 2.06 bits per heavy atom. The summed E-state index contributed by atoms with van der Waals surface area (Å²) in [5.41, 5.74) is 2.51. The molecule has 3 aromatic carbocycles. The number of amides is 4. The van der Waals surface area contributed by atoms with E-state index in [0.29, 0.717) is 27.9 Å². The van der Waals surface area contributed by atoms with Crippen molar-refractivity contribution < 1.29 is 19.2 Å². The molecule has 4 amide bonds. The minimum absolute atomic E-state index is 0.00153. The molecular formula is C25H18N4O4. The maximum atomic E-state index is 12.6. The van der Waals surface area contributed by atoms with Crippen molar-refractivity contribution in [2.24, 2.45) is 5.10 Å². The van der Waals surface area contributed by atoms with Crippen molar-refractivity contribution in [3.8, 4) is 0 Å². The van der Waals surface area contributed by atoms with E-state index in [-0.39, 0.29) is 36.5 Å². The molecule has 0 fully saturated rings. The minimum Gasteiger partial charge on any atom is -0.308 e. The standard InChI is InChI=1S/C25H18N4O4/c30-22-14-21(27-29(22)18-6-2-1-3-7-18)26-23(31)17-12-10-16(11-13-17)15-28-24(32)19-8-4-5-9-20(19)25(28)33/h1-13H,14-15H2,(H,26,27,31). The number of carbonyl (C=O) groups excluding carboxylic acids is 4. The summed E-state index contributed by atoms with van der Waals surface area (Å²) in [7, 11) is 0.